The number of fused-ring (bicyclic) bond motifs is 1. The molecular formula is C16H26N4S. The van der Waals surface area contributed by atoms with E-state index in [0.29, 0.717) is 5.95 Å². The van der Waals surface area contributed by atoms with E-state index < -0.39 is 0 Å². The molecule has 0 aliphatic rings. The van der Waals surface area contributed by atoms with Crippen molar-refractivity contribution in [2.45, 2.75) is 47.5 Å². The van der Waals surface area contributed by atoms with Crippen molar-refractivity contribution >= 4 is 33.3 Å². The minimum Gasteiger partial charge on any atom is -0.369 e. The molecule has 4 nitrogen and oxygen atoms in total. The van der Waals surface area contributed by atoms with Gasteiger partial charge in [-0.1, -0.05) is 27.7 Å². The Morgan fingerprint density at radius 3 is 2.52 bits per heavy atom. The molecule has 5 heteroatoms. The summed E-state index contributed by atoms with van der Waals surface area (Å²) in [5.74, 6) is 1.67. The molecule has 0 spiro atoms. The van der Waals surface area contributed by atoms with Crippen molar-refractivity contribution < 1.29 is 0 Å². The highest BCUT2D eigenvalue weighted by Gasteiger charge is 2.17. The summed E-state index contributed by atoms with van der Waals surface area (Å²) in [4.78, 5) is 11.7. The molecule has 2 heterocycles. The SMILES string of the molecule is CCNc1nc(NCC(C)(C)CC)c2cc(CC)sc2n1. The quantitative estimate of drug-likeness (QED) is 0.789. The van der Waals surface area contributed by atoms with Crippen molar-refractivity contribution in [3.63, 3.8) is 0 Å². The first kappa shape index (κ1) is 16.0. The van der Waals surface area contributed by atoms with Crippen molar-refractivity contribution in [1.29, 1.82) is 0 Å². The lowest BCUT2D eigenvalue weighted by Crippen LogP contribution is -2.22. The maximum Gasteiger partial charge on any atom is 0.226 e. The lowest BCUT2D eigenvalue weighted by molar-refractivity contribution is 0.376. The zero-order valence-electron chi connectivity index (χ0n) is 13.7. The van der Waals surface area contributed by atoms with Crippen LogP contribution in [0.15, 0.2) is 6.07 Å². The van der Waals surface area contributed by atoms with E-state index in [4.69, 9.17) is 0 Å². The predicted molar refractivity (Wildman–Crippen MR) is 93.5 cm³/mol. The van der Waals surface area contributed by atoms with Crippen molar-refractivity contribution in [3.8, 4) is 0 Å². The second-order valence-corrected chi connectivity index (χ2v) is 7.20. The molecule has 0 amide bonds. The first-order chi connectivity index (χ1) is 9.99. The molecule has 2 N–H and O–H groups in total. The first-order valence-corrected chi connectivity index (χ1v) is 8.59. The summed E-state index contributed by atoms with van der Waals surface area (Å²) >= 11 is 1.76. The molecule has 0 bridgehead atoms. The van der Waals surface area contributed by atoms with Crippen LogP contribution in [-0.4, -0.2) is 23.1 Å². The second kappa shape index (κ2) is 6.60. The summed E-state index contributed by atoms with van der Waals surface area (Å²) < 4.78 is 0. The third-order valence-corrected chi connectivity index (χ3v) is 4.99. The summed E-state index contributed by atoms with van der Waals surface area (Å²) in [6.45, 7) is 12.8. The van der Waals surface area contributed by atoms with Crippen molar-refractivity contribution in [2.24, 2.45) is 5.41 Å². The van der Waals surface area contributed by atoms with Crippen LogP contribution in [0.2, 0.25) is 0 Å². The topological polar surface area (TPSA) is 49.8 Å². The Labute approximate surface area is 131 Å². The number of nitrogens with zero attached hydrogens (tertiary/aromatic N) is 2. The van der Waals surface area contributed by atoms with Crippen molar-refractivity contribution in [1.82, 2.24) is 9.97 Å². The molecule has 21 heavy (non-hydrogen) atoms. The van der Waals surface area contributed by atoms with Gasteiger partial charge in [-0.05, 0) is 31.2 Å². The van der Waals surface area contributed by atoms with Gasteiger partial charge in [0, 0.05) is 18.0 Å². The fourth-order valence-corrected chi connectivity index (χ4v) is 2.93. The molecule has 2 rings (SSSR count). The molecule has 116 valence electrons. The van der Waals surface area contributed by atoms with Crippen LogP contribution in [0.25, 0.3) is 10.2 Å². The van der Waals surface area contributed by atoms with Crippen LogP contribution in [0, 0.1) is 5.41 Å². The number of aromatic nitrogens is 2. The Bertz CT molecular complexity index is 604. The maximum atomic E-state index is 4.65. The van der Waals surface area contributed by atoms with Crippen LogP contribution < -0.4 is 10.6 Å². The van der Waals surface area contributed by atoms with Crippen LogP contribution in [0.3, 0.4) is 0 Å². The molecule has 0 aliphatic heterocycles. The highest BCUT2D eigenvalue weighted by atomic mass is 32.1. The lowest BCUT2D eigenvalue weighted by Gasteiger charge is -2.23. The van der Waals surface area contributed by atoms with Gasteiger partial charge in [-0.3, -0.25) is 0 Å². The molecule has 2 aromatic heterocycles. The summed E-state index contributed by atoms with van der Waals surface area (Å²) in [5.41, 5.74) is 0.263. The fraction of sp³-hybridized carbons (Fsp3) is 0.625. The standard InChI is InChI=1S/C16H26N4S/c1-6-11-9-12-13(18-10-16(4,5)7-2)19-15(17-8-3)20-14(12)21-11/h9H,6-8,10H2,1-5H3,(H2,17,18,19,20). The van der Waals surface area contributed by atoms with Gasteiger partial charge in [0.25, 0.3) is 0 Å². The smallest absolute Gasteiger partial charge is 0.226 e. The highest BCUT2D eigenvalue weighted by molar-refractivity contribution is 7.18. The summed E-state index contributed by atoms with van der Waals surface area (Å²) in [7, 11) is 0. The van der Waals surface area contributed by atoms with Gasteiger partial charge < -0.3 is 10.6 Å². The van der Waals surface area contributed by atoms with E-state index in [1.54, 1.807) is 11.3 Å². The number of anilines is 2. The minimum absolute atomic E-state index is 0.263. The van der Waals surface area contributed by atoms with E-state index >= 15 is 0 Å². The van der Waals surface area contributed by atoms with Crippen molar-refractivity contribution in [3.05, 3.63) is 10.9 Å². The van der Waals surface area contributed by atoms with Crippen LogP contribution in [-0.2, 0) is 6.42 Å². The second-order valence-electron chi connectivity index (χ2n) is 6.08. The van der Waals surface area contributed by atoms with Gasteiger partial charge in [-0.25, -0.2) is 4.98 Å². The molecule has 0 aliphatic carbocycles. The molecule has 0 aromatic carbocycles. The van der Waals surface area contributed by atoms with Gasteiger partial charge in [0.15, 0.2) is 0 Å². The molecular weight excluding hydrogens is 280 g/mol. The van der Waals surface area contributed by atoms with E-state index in [9.17, 15) is 0 Å². The van der Waals surface area contributed by atoms with Crippen molar-refractivity contribution in [2.75, 3.05) is 23.7 Å². The number of hydrogen-bond donors (Lipinski definition) is 2. The Balaban J connectivity index is 2.36. The molecule has 0 unspecified atom stereocenters. The monoisotopic (exact) mass is 306 g/mol. The molecule has 2 aromatic rings. The van der Waals surface area contributed by atoms with Crippen LogP contribution in [0.5, 0.6) is 0 Å². The predicted octanol–water partition coefficient (Wildman–Crippen LogP) is 4.53. The molecule has 0 saturated heterocycles. The maximum absolute atomic E-state index is 4.65. The first-order valence-electron chi connectivity index (χ1n) is 7.77. The third-order valence-electron chi connectivity index (χ3n) is 3.82. The number of rotatable bonds is 7. The number of aryl methyl sites for hydroxylation is 1. The zero-order chi connectivity index (χ0) is 15.5. The highest BCUT2D eigenvalue weighted by Crippen LogP contribution is 2.31. The average molecular weight is 306 g/mol. The largest absolute Gasteiger partial charge is 0.369 e. The molecule has 0 radical (unpaired) electrons. The van der Waals surface area contributed by atoms with Gasteiger partial charge in [0.05, 0.1) is 5.39 Å². The van der Waals surface area contributed by atoms with E-state index in [1.165, 1.54) is 4.88 Å². The Hall–Kier alpha value is -1.36. The minimum atomic E-state index is 0.263. The molecule has 0 fully saturated rings. The van der Waals surface area contributed by atoms with Gasteiger partial charge in [0.2, 0.25) is 5.95 Å². The van der Waals surface area contributed by atoms with E-state index in [0.717, 1.165) is 42.0 Å². The van der Waals surface area contributed by atoms with E-state index in [-0.39, 0.29) is 5.41 Å². The van der Waals surface area contributed by atoms with Gasteiger partial charge in [0.1, 0.15) is 10.6 Å². The van der Waals surface area contributed by atoms with Crippen LogP contribution in [0.4, 0.5) is 11.8 Å². The number of nitrogens with one attached hydrogen (secondary N) is 2. The van der Waals surface area contributed by atoms with Crippen LogP contribution in [0.1, 0.15) is 45.9 Å². The number of thiophene rings is 1. The lowest BCUT2D eigenvalue weighted by atomic mass is 9.90. The van der Waals surface area contributed by atoms with Gasteiger partial charge in [-0.2, -0.15) is 4.98 Å². The normalized spacial score (nSPS) is 11.9. The third kappa shape index (κ3) is 3.84. The summed E-state index contributed by atoms with van der Waals surface area (Å²) in [5, 5.41) is 7.90. The van der Waals surface area contributed by atoms with Gasteiger partial charge >= 0.3 is 0 Å². The zero-order valence-corrected chi connectivity index (χ0v) is 14.5. The average Bonchev–Trinajstić information content (AvgIpc) is 2.88. The van der Waals surface area contributed by atoms with Crippen LogP contribution >= 0.6 is 11.3 Å². The Morgan fingerprint density at radius 1 is 1.14 bits per heavy atom. The fourth-order valence-electron chi connectivity index (χ4n) is 1.97. The Kier molecular flexibility index (Phi) is 5.04. The number of hydrogen-bond acceptors (Lipinski definition) is 5. The summed E-state index contributed by atoms with van der Waals surface area (Å²) in [6.07, 6.45) is 2.18. The Morgan fingerprint density at radius 2 is 1.90 bits per heavy atom. The van der Waals surface area contributed by atoms with Gasteiger partial charge in [-0.15, -0.1) is 11.3 Å². The van der Waals surface area contributed by atoms with E-state index in [1.807, 2.05) is 0 Å². The van der Waals surface area contributed by atoms with E-state index in [2.05, 4.69) is 61.3 Å². The molecule has 0 saturated carbocycles. The summed E-state index contributed by atoms with van der Waals surface area (Å²) in [6, 6.07) is 2.22. The molecule has 0 atom stereocenters.